The molecule has 0 saturated heterocycles. The highest BCUT2D eigenvalue weighted by Gasteiger charge is 2.30. The zero-order valence-corrected chi connectivity index (χ0v) is 12.8. The van der Waals surface area contributed by atoms with Gasteiger partial charge in [-0.2, -0.15) is 0 Å². The normalized spacial score (nSPS) is 14.6. The zero-order chi connectivity index (χ0) is 14.8. The van der Waals surface area contributed by atoms with Crippen LogP contribution in [0.15, 0.2) is 18.2 Å². The van der Waals surface area contributed by atoms with Gasteiger partial charge in [0.1, 0.15) is 16.6 Å². The Kier molecular flexibility index (Phi) is 4.22. The number of phenols is 1. The van der Waals surface area contributed by atoms with Crippen molar-refractivity contribution in [2.45, 2.75) is 38.6 Å². The molecule has 112 valence electrons. The predicted molar refractivity (Wildman–Crippen MR) is 83.1 cm³/mol. The van der Waals surface area contributed by atoms with Gasteiger partial charge in [-0.3, -0.25) is 0 Å². The Balaban J connectivity index is 1.90. The third kappa shape index (κ3) is 3.24. The molecule has 0 aliphatic heterocycles. The number of nitrogens with one attached hydrogen (secondary N) is 1. The van der Waals surface area contributed by atoms with E-state index in [2.05, 4.69) is 17.2 Å². The van der Waals surface area contributed by atoms with Crippen molar-refractivity contribution in [1.82, 2.24) is 10.3 Å². The molecule has 1 fully saturated rings. The Morgan fingerprint density at radius 3 is 2.90 bits per heavy atom. The molecule has 1 saturated carbocycles. The Bertz CT molecular complexity index is 637. The number of thiazole rings is 1. The van der Waals surface area contributed by atoms with Crippen LogP contribution >= 0.6 is 11.3 Å². The first-order valence-corrected chi connectivity index (χ1v) is 8.20. The minimum absolute atomic E-state index is 0.0555. The van der Waals surface area contributed by atoms with Gasteiger partial charge >= 0.3 is 0 Å². The largest absolute Gasteiger partial charge is 0.508 e. The SMILES string of the molecule is CCCNCc1sc(-c2ccc(O)cc2F)nc1C1CC1. The summed E-state index contributed by atoms with van der Waals surface area (Å²) in [6.45, 7) is 3.92. The van der Waals surface area contributed by atoms with E-state index in [1.165, 1.54) is 23.8 Å². The molecule has 2 aromatic rings. The molecule has 5 heteroatoms. The van der Waals surface area contributed by atoms with Crippen molar-refractivity contribution in [2.24, 2.45) is 0 Å². The first-order valence-electron chi connectivity index (χ1n) is 7.38. The molecule has 0 atom stereocenters. The zero-order valence-electron chi connectivity index (χ0n) is 12.0. The van der Waals surface area contributed by atoms with Gasteiger partial charge in [-0.25, -0.2) is 9.37 Å². The van der Waals surface area contributed by atoms with E-state index in [4.69, 9.17) is 0 Å². The van der Waals surface area contributed by atoms with Gasteiger partial charge in [0.25, 0.3) is 0 Å². The van der Waals surface area contributed by atoms with Gasteiger partial charge in [-0.1, -0.05) is 6.92 Å². The Morgan fingerprint density at radius 1 is 1.43 bits per heavy atom. The average molecular weight is 306 g/mol. The molecular formula is C16H19FN2OS. The van der Waals surface area contributed by atoms with E-state index in [1.54, 1.807) is 17.4 Å². The number of halogens is 1. The van der Waals surface area contributed by atoms with Gasteiger partial charge in [-0.15, -0.1) is 11.3 Å². The maximum Gasteiger partial charge on any atom is 0.137 e. The van der Waals surface area contributed by atoms with Gasteiger partial charge < -0.3 is 10.4 Å². The van der Waals surface area contributed by atoms with E-state index >= 15 is 0 Å². The van der Waals surface area contributed by atoms with Crippen LogP contribution in [-0.2, 0) is 6.54 Å². The van der Waals surface area contributed by atoms with E-state index in [0.717, 1.165) is 31.3 Å². The minimum atomic E-state index is -0.417. The molecule has 1 aliphatic rings. The lowest BCUT2D eigenvalue weighted by atomic mass is 10.2. The molecule has 0 radical (unpaired) electrons. The third-order valence-corrected chi connectivity index (χ3v) is 4.69. The molecule has 0 unspecified atom stereocenters. The van der Waals surface area contributed by atoms with Crippen LogP contribution in [0.4, 0.5) is 4.39 Å². The third-order valence-electron chi connectivity index (χ3n) is 3.59. The Hall–Kier alpha value is -1.46. The van der Waals surface area contributed by atoms with Gasteiger partial charge in [0.15, 0.2) is 0 Å². The summed E-state index contributed by atoms with van der Waals surface area (Å²) in [4.78, 5) is 5.88. The predicted octanol–water partition coefficient (Wildman–Crippen LogP) is 4.03. The second-order valence-corrected chi connectivity index (χ2v) is 6.53. The van der Waals surface area contributed by atoms with Crippen LogP contribution in [-0.4, -0.2) is 16.6 Å². The highest BCUT2D eigenvalue weighted by atomic mass is 32.1. The van der Waals surface area contributed by atoms with E-state index in [0.29, 0.717) is 16.5 Å². The molecule has 2 N–H and O–H groups in total. The van der Waals surface area contributed by atoms with E-state index in [-0.39, 0.29) is 5.75 Å². The standard InChI is InChI=1S/C16H19FN2OS/c1-2-7-18-9-14-15(10-3-4-10)19-16(21-14)12-6-5-11(20)8-13(12)17/h5-6,8,10,18,20H,2-4,7,9H2,1H3. The fourth-order valence-electron chi connectivity index (χ4n) is 2.34. The summed E-state index contributed by atoms with van der Waals surface area (Å²) in [5.74, 6) is 0.0767. The summed E-state index contributed by atoms with van der Waals surface area (Å²) < 4.78 is 14.0. The lowest BCUT2D eigenvalue weighted by Gasteiger charge is -2.01. The number of aromatic hydroxyl groups is 1. The highest BCUT2D eigenvalue weighted by molar-refractivity contribution is 7.15. The van der Waals surface area contributed by atoms with Crippen LogP contribution in [0.1, 0.15) is 42.7 Å². The second-order valence-electron chi connectivity index (χ2n) is 5.44. The minimum Gasteiger partial charge on any atom is -0.508 e. The van der Waals surface area contributed by atoms with Crippen LogP contribution in [0.5, 0.6) is 5.75 Å². The number of nitrogens with zero attached hydrogens (tertiary/aromatic N) is 1. The molecule has 0 spiro atoms. The lowest BCUT2D eigenvalue weighted by molar-refractivity contribution is 0.469. The number of phenolic OH excluding ortho intramolecular Hbond substituents is 1. The number of rotatable bonds is 6. The first-order chi connectivity index (χ1) is 10.2. The van der Waals surface area contributed by atoms with Crippen molar-refractivity contribution in [3.05, 3.63) is 34.6 Å². The van der Waals surface area contributed by atoms with Crippen LogP contribution in [0, 0.1) is 5.82 Å². The molecule has 0 bridgehead atoms. The Labute approximate surface area is 127 Å². The molecule has 1 aromatic heterocycles. The van der Waals surface area contributed by atoms with Crippen LogP contribution in [0.25, 0.3) is 10.6 Å². The summed E-state index contributed by atoms with van der Waals surface area (Å²) >= 11 is 1.56. The molecular weight excluding hydrogens is 287 g/mol. The van der Waals surface area contributed by atoms with Crippen molar-refractivity contribution < 1.29 is 9.50 Å². The van der Waals surface area contributed by atoms with Crippen molar-refractivity contribution in [3.63, 3.8) is 0 Å². The quantitative estimate of drug-likeness (QED) is 0.792. The molecule has 0 amide bonds. The molecule has 1 heterocycles. The smallest absolute Gasteiger partial charge is 0.137 e. The Morgan fingerprint density at radius 2 is 2.24 bits per heavy atom. The highest BCUT2D eigenvalue weighted by Crippen LogP contribution is 2.44. The second kappa shape index (κ2) is 6.12. The van der Waals surface area contributed by atoms with Crippen LogP contribution in [0.3, 0.4) is 0 Å². The number of aromatic nitrogens is 1. The summed E-state index contributed by atoms with van der Waals surface area (Å²) in [7, 11) is 0. The van der Waals surface area contributed by atoms with Crippen molar-refractivity contribution >= 4 is 11.3 Å². The van der Waals surface area contributed by atoms with Gasteiger partial charge in [0.05, 0.1) is 5.69 Å². The summed E-state index contributed by atoms with van der Waals surface area (Å²) in [5.41, 5.74) is 1.60. The topological polar surface area (TPSA) is 45.1 Å². The fourth-order valence-corrected chi connectivity index (χ4v) is 3.48. The summed E-state index contributed by atoms with van der Waals surface area (Å²) in [6, 6.07) is 4.25. The molecule has 1 aliphatic carbocycles. The van der Waals surface area contributed by atoms with Crippen LogP contribution < -0.4 is 5.32 Å². The number of benzene rings is 1. The fraction of sp³-hybridized carbons (Fsp3) is 0.438. The number of hydrogen-bond acceptors (Lipinski definition) is 4. The first kappa shape index (κ1) is 14.5. The maximum atomic E-state index is 14.0. The van der Waals surface area contributed by atoms with Crippen molar-refractivity contribution in [1.29, 1.82) is 0 Å². The van der Waals surface area contributed by atoms with Crippen molar-refractivity contribution in [2.75, 3.05) is 6.54 Å². The summed E-state index contributed by atoms with van der Waals surface area (Å²) in [5, 5.41) is 13.4. The van der Waals surface area contributed by atoms with Gasteiger partial charge in [0.2, 0.25) is 0 Å². The maximum absolute atomic E-state index is 14.0. The van der Waals surface area contributed by atoms with Crippen LogP contribution in [0.2, 0.25) is 0 Å². The monoisotopic (exact) mass is 306 g/mol. The van der Waals surface area contributed by atoms with E-state index in [1.807, 2.05) is 0 Å². The molecule has 3 nitrogen and oxygen atoms in total. The lowest BCUT2D eigenvalue weighted by Crippen LogP contribution is -2.13. The molecule has 3 rings (SSSR count). The van der Waals surface area contributed by atoms with Crippen molar-refractivity contribution in [3.8, 4) is 16.3 Å². The number of hydrogen-bond donors (Lipinski definition) is 2. The van der Waals surface area contributed by atoms with Gasteiger partial charge in [0, 0.05) is 29.0 Å². The van der Waals surface area contributed by atoms with E-state index in [9.17, 15) is 9.50 Å². The van der Waals surface area contributed by atoms with Gasteiger partial charge in [-0.05, 0) is 37.9 Å². The molecule has 21 heavy (non-hydrogen) atoms. The van der Waals surface area contributed by atoms with E-state index < -0.39 is 5.82 Å². The molecule has 1 aromatic carbocycles. The summed E-state index contributed by atoms with van der Waals surface area (Å²) in [6.07, 6.45) is 3.46. The average Bonchev–Trinajstić information content (AvgIpc) is 3.21.